The van der Waals surface area contributed by atoms with Crippen LogP contribution in [0.15, 0.2) is 76.5 Å². The van der Waals surface area contributed by atoms with E-state index in [0.29, 0.717) is 18.7 Å². The highest BCUT2D eigenvalue weighted by Gasteiger charge is 2.20. The van der Waals surface area contributed by atoms with Crippen molar-refractivity contribution in [2.75, 3.05) is 5.32 Å². The van der Waals surface area contributed by atoms with Crippen LogP contribution in [0.25, 0.3) is 0 Å². The van der Waals surface area contributed by atoms with Crippen LogP contribution in [-0.2, 0) is 12.8 Å². The summed E-state index contributed by atoms with van der Waals surface area (Å²) in [5.74, 6) is -0.00702. The first-order valence-corrected chi connectivity index (χ1v) is 10.6. The van der Waals surface area contributed by atoms with Gasteiger partial charge in [-0.2, -0.15) is 4.68 Å². The minimum absolute atomic E-state index is 0.0840. The van der Waals surface area contributed by atoms with Gasteiger partial charge in [-0.1, -0.05) is 36.0 Å². The highest BCUT2D eigenvalue weighted by atomic mass is 32.2. The Morgan fingerprint density at radius 1 is 1.00 bits per heavy atom. The summed E-state index contributed by atoms with van der Waals surface area (Å²) in [5.41, 5.74) is 3.41. The van der Waals surface area contributed by atoms with E-state index in [9.17, 15) is 14.9 Å². The van der Waals surface area contributed by atoms with Crippen LogP contribution in [-0.4, -0.2) is 31.0 Å². The van der Waals surface area contributed by atoms with Gasteiger partial charge in [0.2, 0.25) is 0 Å². The van der Waals surface area contributed by atoms with Crippen molar-refractivity contribution in [3.8, 4) is 0 Å². The van der Waals surface area contributed by atoms with E-state index in [-0.39, 0.29) is 11.3 Å². The number of para-hydroxylation sites is 2. The molecule has 4 aromatic rings. The molecule has 0 aliphatic carbocycles. The second-order valence-electron chi connectivity index (χ2n) is 7.13. The van der Waals surface area contributed by atoms with Gasteiger partial charge >= 0.3 is 0 Å². The van der Waals surface area contributed by atoms with Crippen molar-refractivity contribution >= 4 is 34.7 Å². The summed E-state index contributed by atoms with van der Waals surface area (Å²) >= 11 is 1.72. The van der Waals surface area contributed by atoms with E-state index in [1.807, 2.05) is 30.3 Å². The number of nitrogens with zero attached hydrogens (tertiary/aromatic N) is 5. The zero-order valence-corrected chi connectivity index (χ0v) is 17.5. The third-order valence-electron chi connectivity index (χ3n) is 5.15. The van der Waals surface area contributed by atoms with Gasteiger partial charge in [0.25, 0.3) is 11.6 Å². The number of carbonyl (C=O) groups is 1. The van der Waals surface area contributed by atoms with Gasteiger partial charge in [-0.05, 0) is 52.7 Å². The molecule has 5 rings (SSSR count). The Kier molecular flexibility index (Phi) is 5.12. The van der Waals surface area contributed by atoms with Gasteiger partial charge in [0.1, 0.15) is 0 Å². The predicted octanol–water partition coefficient (Wildman–Crippen LogP) is 4.26. The average molecular weight is 444 g/mol. The molecule has 158 valence electrons. The minimum atomic E-state index is -0.512. The van der Waals surface area contributed by atoms with Crippen molar-refractivity contribution in [2.24, 2.45) is 0 Å². The number of tetrazole rings is 1. The second kappa shape index (κ2) is 8.23. The number of fused-ring (bicyclic) bond motifs is 2. The van der Waals surface area contributed by atoms with Crippen LogP contribution in [0.4, 0.5) is 17.1 Å². The Bertz CT molecular complexity index is 1340. The maximum atomic E-state index is 12.8. The quantitative estimate of drug-likeness (QED) is 0.243. The number of anilines is 2. The number of aryl methyl sites for hydroxylation is 2. The lowest BCUT2D eigenvalue weighted by atomic mass is 10.1. The Balaban J connectivity index is 1.35. The molecule has 0 saturated carbocycles. The lowest BCUT2D eigenvalue weighted by molar-refractivity contribution is -0.384. The van der Waals surface area contributed by atoms with Crippen LogP contribution in [0.1, 0.15) is 21.7 Å². The number of hydrogen-bond acceptors (Lipinski definition) is 8. The topological polar surface area (TPSA) is 116 Å². The summed E-state index contributed by atoms with van der Waals surface area (Å²) in [7, 11) is 0. The number of benzene rings is 3. The van der Waals surface area contributed by atoms with Crippen molar-refractivity contribution in [1.82, 2.24) is 20.2 Å². The van der Waals surface area contributed by atoms with Crippen molar-refractivity contribution in [2.45, 2.75) is 22.6 Å². The highest BCUT2D eigenvalue weighted by molar-refractivity contribution is 7.99. The van der Waals surface area contributed by atoms with E-state index < -0.39 is 10.8 Å². The van der Waals surface area contributed by atoms with Gasteiger partial charge in [0.15, 0.2) is 5.82 Å². The molecule has 0 atom stereocenters. The molecule has 9 nitrogen and oxygen atoms in total. The van der Waals surface area contributed by atoms with Crippen molar-refractivity contribution in [1.29, 1.82) is 0 Å². The van der Waals surface area contributed by atoms with Gasteiger partial charge in [0, 0.05) is 33.9 Å². The SMILES string of the molecule is O=C(c1ccc([N+](=O)[O-])cc1)n1nnnc1CCc1cccc2c1Nc1ccccc1S2. The minimum Gasteiger partial charge on any atom is -0.353 e. The molecule has 1 aliphatic heterocycles. The molecule has 0 radical (unpaired) electrons. The molecular weight excluding hydrogens is 428 g/mol. The Labute approximate surface area is 186 Å². The zero-order valence-electron chi connectivity index (χ0n) is 16.6. The van der Waals surface area contributed by atoms with Crippen LogP contribution in [0.3, 0.4) is 0 Å². The molecule has 3 aromatic carbocycles. The number of non-ortho nitro benzene ring substituents is 1. The van der Waals surface area contributed by atoms with Crippen LogP contribution < -0.4 is 5.32 Å². The normalized spacial score (nSPS) is 11.9. The van der Waals surface area contributed by atoms with E-state index in [4.69, 9.17) is 0 Å². The fourth-order valence-electron chi connectivity index (χ4n) is 3.54. The molecule has 1 aromatic heterocycles. The molecule has 0 saturated heterocycles. The molecule has 2 heterocycles. The lowest BCUT2D eigenvalue weighted by Gasteiger charge is -2.23. The summed E-state index contributed by atoms with van der Waals surface area (Å²) in [5, 5.41) is 25.9. The smallest absolute Gasteiger partial charge is 0.281 e. The molecule has 1 N–H and O–H groups in total. The summed E-state index contributed by atoms with van der Waals surface area (Å²) in [6, 6.07) is 19.7. The monoisotopic (exact) mass is 444 g/mol. The third-order valence-corrected chi connectivity index (χ3v) is 6.28. The van der Waals surface area contributed by atoms with E-state index in [2.05, 4.69) is 33.0 Å². The van der Waals surface area contributed by atoms with Gasteiger partial charge in [-0.15, -0.1) is 5.10 Å². The molecule has 0 amide bonds. The highest BCUT2D eigenvalue weighted by Crippen LogP contribution is 2.45. The number of aromatic nitrogens is 4. The van der Waals surface area contributed by atoms with Crippen molar-refractivity contribution in [3.63, 3.8) is 0 Å². The predicted molar refractivity (Wildman–Crippen MR) is 118 cm³/mol. The Morgan fingerprint density at radius 3 is 2.59 bits per heavy atom. The maximum Gasteiger partial charge on any atom is 0.281 e. The third kappa shape index (κ3) is 3.71. The molecular formula is C22H16N6O3S. The number of rotatable bonds is 5. The summed E-state index contributed by atoms with van der Waals surface area (Å²) in [6.07, 6.45) is 1.09. The van der Waals surface area contributed by atoms with E-state index in [0.717, 1.165) is 26.5 Å². The largest absolute Gasteiger partial charge is 0.353 e. The molecule has 10 heteroatoms. The van der Waals surface area contributed by atoms with Crippen LogP contribution in [0.2, 0.25) is 0 Å². The van der Waals surface area contributed by atoms with Crippen molar-refractivity contribution in [3.05, 3.63) is 93.8 Å². The Morgan fingerprint density at radius 2 is 1.78 bits per heavy atom. The zero-order chi connectivity index (χ0) is 22.1. The average Bonchev–Trinajstić information content (AvgIpc) is 3.29. The van der Waals surface area contributed by atoms with E-state index in [1.54, 1.807) is 11.8 Å². The van der Waals surface area contributed by atoms with Crippen LogP contribution in [0, 0.1) is 10.1 Å². The first-order valence-electron chi connectivity index (χ1n) is 9.82. The number of nitrogens with one attached hydrogen (secondary N) is 1. The first kappa shape index (κ1) is 19.9. The molecule has 0 spiro atoms. The molecule has 32 heavy (non-hydrogen) atoms. The number of hydrogen-bond donors (Lipinski definition) is 1. The number of nitro groups is 1. The summed E-state index contributed by atoms with van der Waals surface area (Å²) in [4.78, 5) is 25.5. The summed E-state index contributed by atoms with van der Waals surface area (Å²) in [6.45, 7) is 0. The standard InChI is InChI=1S/C22H16N6O3S/c29-22(15-8-11-16(12-9-15)28(30)31)27-20(24-25-26-27)13-10-14-4-3-7-19-21(14)23-17-5-1-2-6-18(17)32-19/h1-9,11-12,23H,10,13H2. The van der Waals surface area contributed by atoms with E-state index in [1.165, 1.54) is 29.2 Å². The van der Waals surface area contributed by atoms with Crippen molar-refractivity contribution < 1.29 is 9.72 Å². The molecule has 0 bridgehead atoms. The fourth-order valence-corrected chi connectivity index (χ4v) is 4.58. The number of nitro benzene ring substituents is 1. The van der Waals surface area contributed by atoms with Gasteiger partial charge in [0.05, 0.1) is 16.3 Å². The van der Waals surface area contributed by atoms with Gasteiger partial charge in [-0.25, -0.2) is 0 Å². The fraction of sp³-hybridized carbons (Fsp3) is 0.0909. The van der Waals surface area contributed by atoms with Gasteiger partial charge < -0.3 is 5.32 Å². The van der Waals surface area contributed by atoms with E-state index >= 15 is 0 Å². The second-order valence-corrected chi connectivity index (χ2v) is 8.21. The summed E-state index contributed by atoms with van der Waals surface area (Å²) < 4.78 is 1.15. The first-order chi connectivity index (χ1) is 15.6. The number of carbonyl (C=O) groups excluding carboxylic acids is 1. The van der Waals surface area contributed by atoms with Crippen LogP contribution >= 0.6 is 11.8 Å². The Hall–Kier alpha value is -4.05. The molecule has 0 unspecified atom stereocenters. The molecule has 0 fully saturated rings. The lowest BCUT2D eigenvalue weighted by Crippen LogP contribution is -2.18. The maximum absolute atomic E-state index is 12.8. The molecule has 1 aliphatic rings. The van der Waals surface area contributed by atoms with Gasteiger partial charge in [-0.3, -0.25) is 14.9 Å². The van der Waals surface area contributed by atoms with Crippen LogP contribution in [0.5, 0.6) is 0 Å².